The van der Waals surface area contributed by atoms with Gasteiger partial charge in [-0.2, -0.15) is 4.98 Å². The Hall–Kier alpha value is -3.41. The van der Waals surface area contributed by atoms with Gasteiger partial charge in [0.1, 0.15) is 24.3 Å². The molecule has 12 nitrogen and oxygen atoms in total. The van der Waals surface area contributed by atoms with Crippen molar-refractivity contribution in [2.45, 2.75) is 52.9 Å². The molecule has 0 saturated carbocycles. The summed E-state index contributed by atoms with van der Waals surface area (Å²) in [6.45, 7) is 7.43. The third-order valence-electron chi connectivity index (χ3n) is 4.28. The molecule has 2 amide bonds. The Morgan fingerprint density at radius 1 is 1.30 bits per heavy atom. The molecule has 2 aromatic heterocycles. The average molecular weight is 466 g/mol. The van der Waals surface area contributed by atoms with Crippen LogP contribution in [0.25, 0.3) is 11.0 Å². The quantitative estimate of drug-likeness (QED) is 0.416. The first-order valence-electron chi connectivity index (χ1n) is 10.6. The predicted molar refractivity (Wildman–Crippen MR) is 119 cm³/mol. The fourth-order valence-electron chi connectivity index (χ4n) is 2.97. The van der Waals surface area contributed by atoms with Crippen molar-refractivity contribution in [1.82, 2.24) is 24.8 Å². The maximum atomic E-state index is 12.5. The van der Waals surface area contributed by atoms with Crippen LogP contribution in [0.1, 0.15) is 39.8 Å². The predicted octanol–water partition coefficient (Wildman–Crippen LogP) is 1.09. The number of carbonyl (C=O) groups is 3. The van der Waals surface area contributed by atoms with Crippen LogP contribution in [0.5, 0.6) is 0 Å². The molecule has 2 rings (SSSR count). The van der Waals surface area contributed by atoms with E-state index in [2.05, 4.69) is 15.3 Å². The number of nitrogens with one attached hydrogen (secondary N) is 2. The first kappa shape index (κ1) is 25.8. The van der Waals surface area contributed by atoms with Gasteiger partial charge in [0.05, 0.1) is 13.2 Å². The second kappa shape index (κ2) is 11.5. The van der Waals surface area contributed by atoms with Crippen molar-refractivity contribution in [3.63, 3.8) is 0 Å². The van der Waals surface area contributed by atoms with Gasteiger partial charge in [0.25, 0.3) is 0 Å². The number of carbonyl (C=O) groups excluding carboxylic acids is 2. The highest BCUT2D eigenvalue weighted by molar-refractivity contribution is 5.81. The lowest BCUT2D eigenvalue weighted by Crippen LogP contribution is -2.40. The molecule has 0 saturated heterocycles. The molecule has 0 aliphatic carbocycles. The molecule has 2 aromatic rings. The Bertz CT molecular complexity index is 1040. The molecule has 0 bridgehead atoms. The molecule has 0 aliphatic heterocycles. The molecule has 0 radical (unpaired) electrons. The Kier molecular flexibility index (Phi) is 8.97. The topological polar surface area (TPSA) is 156 Å². The number of nitrogens with zero attached hydrogens (tertiary/aromatic N) is 3. The maximum absolute atomic E-state index is 12.5. The number of alkyl carbamates (subject to hydrolysis) is 1. The second-order valence-corrected chi connectivity index (χ2v) is 8.44. The van der Waals surface area contributed by atoms with Crippen molar-refractivity contribution in [2.75, 3.05) is 26.2 Å². The van der Waals surface area contributed by atoms with Crippen molar-refractivity contribution < 1.29 is 29.0 Å². The van der Waals surface area contributed by atoms with Crippen molar-refractivity contribution in [1.29, 1.82) is 0 Å². The minimum Gasteiger partial charge on any atom is -0.480 e. The first-order valence-corrected chi connectivity index (χ1v) is 10.6. The summed E-state index contributed by atoms with van der Waals surface area (Å²) in [5.41, 5.74) is -0.185. The Labute approximate surface area is 190 Å². The van der Waals surface area contributed by atoms with Crippen LogP contribution in [0.3, 0.4) is 0 Å². The van der Waals surface area contributed by atoms with E-state index in [0.29, 0.717) is 23.1 Å². The van der Waals surface area contributed by atoms with E-state index in [1.54, 1.807) is 26.8 Å². The van der Waals surface area contributed by atoms with Crippen LogP contribution < -0.4 is 11.0 Å². The normalized spacial score (nSPS) is 11.4. The number of carboxylic acid groups (broad SMARTS) is 1. The molecule has 182 valence electrons. The van der Waals surface area contributed by atoms with Gasteiger partial charge in [-0.05, 0) is 33.3 Å². The summed E-state index contributed by atoms with van der Waals surface area (Å²) in [5.74, 6) is -1.59. The summed E-state index contributed by atoms with van der Waals surface area (Å²) in [6, 6.07) is 1.74. The van der Waals surface area contributed by atoms with Gasteiger partial charge >= 0.3 is 17.8 Å². The van der Waals surface area contributed by atoms with Crippen LogP contribution in [-0.2, 0) is 32.2 Å². The molecule has 0 spiro atoms. The monoisotopic (exact) mass is 465 g/mol. The fraction of sp³-hybridized carbons (Fsp3) is 0.571. The molecular weight excluding hydrogens is 434 g/mol. The van der Waals surface area contributed by atoms with Gasteiger partial charge in [-0.25, -0.2) is 9.59 Å². The molecule has 0 atom stereocenters. The number of amides is 2. The lowest BCUT2D eigenvalue weighted by atomic mass is 10.2. The van der Waals surface area contributed by atoms with Crippen LogP contribution in [0.15, 0.2) is 17.1 Å². The van der Waals surface area contributed by atoms with E-state index in [1.807, 2.05) is 6.92 Å². The fourth-order valence-corrected chi connectivity index (χ4v) is 2.97. The van der Waals surface area contributed by atoms with Gasteiger partial charge < -0.3 is 29.8 Å². The number of ether oxygens (including phenoxy) is 2. The highest BCUT2D eigenvalue weighted by Crippen LogP contribution is 2.12. The van der Waals surface area contributed by atoms with Crippen LogP contribution in [0.4, 0.5) is 4.79 Å². The first-order chi connectivity index (χ1) is 15.5. The van der Waals surface area contributed by atoms with E-state index < -0.39 is 35.8 Å². The van der Waals surface area contributed by atoms with Crippen molar-refractivity contribution in [3.8, 4) is 0 Å². The van der Waals surface area contributed by atoms with Crippen LogP contribution >= 0.6 is 0 Å². The van der Waals surface area contributed by atoms with Crippen molar-refractivity contribution >= 4 is 29.0 Å². The second-order valence-electron chi connectivity index (χ2n) is 8.44. The molecule has 0 aromatic carbocycles. The van der Waals surface area contributed by atoms with E-state index in [4.69, 9.17) is 14.6 Å². The lowest BCUT2D eigenvalue weighted by Gasteiger charge is -2.20. The highest BCUT2D eigenvalue weighted by Gasteiger charge is 2.18. The number of aromatic nitrogens is 3. The van der Waals surface area contributed by atoms with E-state index in [0.717, 1.165) is 4.57 Å². The standard InChI is InChI=1S/C21H31N5O7/c1-5-7-25(12-17(28)29)16(27)11-26-10-14-9-15(23-18(14)24-19(26)30)13-32-8-6-22-20(31)33-21(2,3)4/h9-10H,5-8,11-13H2,1-4H3,(H,22,31)(H,28,29)(H,23,24,30). The van der Waals surface area contributed by atoms with Crippen molar-refractivity contribution in [3.05, 3.63) is 28.4 Å². The van der Waals surface area contributed by atoms with E-state index in [9.17, 15) is 19.2 Å². The van der Waals surface area contributed by atoms with Gasteiger partial charge in [0.15, 0.2) is 0 Å². The SMILES string of the molecule is CCCN(CC(=O)O)C(=O)Cn1cc2cc(COCCNC(=O)OC(C)(C)C)[nH]c2nc1=O. The van der Waals surface area contributed by atoms with Gasteiger partial charge in [-0.3, -0.25) is 14.2 Å². The number of hydrogen-bond acceptors (Lipinski definition) is 7. The average Bonchev–Trinajstić information content (AvgIpc) is 3.07. The Balaban J connectivity index is 1.94. The number of aliphatic carboxylic acids is 1. The molecule has 2 heterocycles. The summed E-state index contributed by atoms with van der Waals surface area (Å²) >= 11 is 0. The summed E-state index contributed by atoms with van der Waals surface area (Å²) in [6.07, 6.45) is 1.57. The van der Waals surface area contributed by atoms with Crippen LogP contribution in [-0.4, -0.2) is 74.4 Å². The maximum Gasteiger partial charge on any atom is 0.407 e. The number of H-pyrrole nitrogens is 1. The third kappa shape index (κ3) is 8.56. The summed E-state index contributed by atoms with van der Waals surface area (Å²) in [4.78, 5) is 55.5. The van der Waals surface area contributed by atoms with E-state index in [1.165, 1.54) is 11.1 Å². The zero-order valence-corrected chi connectivity index (χ0v) is 19.3. The van der Waals surface area contributed by atoms with Crippen molar-refractivity contribution in [2.24, 2.45) is 0 Å². The van der Waals surface area contributed by atoms with Gasteiger partial charge in [-0.15, -0.1) is 0 Å². The Morgan fingerprint density at radius 2 is 2.03 bits per heavy atom. The zero-order chi connectivity index (χ0) is 24.6. The van der Waals surface area contributed by atoms with E-state index >= 15 is 0 Å². The highest BCUT2D eigenvalue weighted by atomic mass is 16.6. The van der Waals surface area contributed by atoms with Gasteiger partial charge in [0, 0.05) is 30.4 Å². The zero-order valence-electron chi connectivity index (χ0n) is 19.3. The number of rotatable bonds is 11. The molecule has 0 unspecified atom stereocenters. The van der Waals surface area contributed by atoms with E-state index in [-0.39, 0.29) is 32.8 Å². The molecule has 0 fully saturated rings. The minimum absolute atomic E-state index is 0.197. The summed E-state index contributed by atoms with van der Waals surface area (Å²) in [5, 5.41) is 12.2. The smallest absolute Gasteiger partial charge is 0.407 e. The summed E-state index contributed by atoms with van der Waals surface area (Å²) in [7, 11) is 0. The molecular formula is C21H31N5O7. The number of aromatic amines is 1. The molecule has 12 heteroatoms. The van der Waals surface area contributed by atoms with Crippen LogP contribution in [0, 0.1) is 0 Å². The van der Waals surface area contributed by atoms with Gasteiger partial charge in [-0.1, -0.05) is 6.92 Å². The summed E-state index contributed by atoms with van der Waals surface area (Å²) < 4.78 is 11.8. The number of fused-ring (bicyclic) bond motifs is 1. The molecule has 3 N–H and O–H groups in total. The lowest BCUT2D eigenvalue weighted by molar-refractivity contribution is -0.144. The largest absolute Gasteiger partial charge is 0.480 e. The third-order valence-corrected chi connectivity index (χ3v) is 4.28. The van der Waals surface area contributed by atoms with Crippen LogP contribution in [0.2, 0.25) is 0 Å². The minimum atomic E-state index is -1.12. The molecule has 33 heavy (non-hydrogen) atoms. The van der Waals surface area contributed by atoms with Gasteiger partial charge in [0.2, 0.25) is 5.91 Å². The Morgan fingerprint density at radius 3 is 2.67 bits per heavy atom. The molecule has 0 aliphatic rings. The number of carboxylic acids is 1. The number of hydrogen-bond donors (Lipinski definition) is 3.